The van der Waals surface area contributed by atoms with Crippen molar-refractivity contribution in [1.29, 1.82) is 0 Å². The summed E-state index contributed by atoms with van der Waals surface area (Å²) in [4.78, 5) is 23.2. The standard InChI is InChI=1S/C18H17FN2O4/c1-11-2-9-16(15(10-11)21(23)24)25-17(18(22)20-14-7-8-14)12-3-5-13(19)6-4-12/h2-6,9-10,14,17H,7-8H2,1H3,(H,20,22). The highest BCUT2D eigenvalue weighted by Crippen LogP contribution is 2.32. The SMILES string of the molecule is Cc1ccc(OC(C(=O)NC2CC2)c2ccc(F)cc2)c([N+](=O)[O-])c1. The maximum Gasteiger partial charge on any atom is 0.311 e. The van der Waals surface area contributed by atoms with Crippen molar-refractivity contribution in [1.82, 2.24) is 5.32 Å². The van der Waals surface area contributed by atoms with Gasteiger partial charge in [-0.05, 0) is 43.5 Å². The van der Waals surface area contributed by atoms with Gasteiger partial charge in [0.15, 0.2) is 5.75 Å². The predicted molar refractivity (Wildman–Crippen MR) is 88.8 cm³/mol. The number of rotatable bonds is 6. The zero-order chi connectivity index (χ0) is 18.0. The van der Waals surface area contributed by atoms with Crippen LogP contribution in [0.4, 0.5) is 10.1 Å². The summed E-state index contributed by atoms with van der Waals surface area (Å²) in [5, 5.41) is 14.1. The first-order valence-corrected chi connectivity index (χ1v) is 7.91. The summed E-state index contributed by atoms with van der Waals surface area (Å²) in [6.07, 6.45) is 0.696. The second kappa shape index (κ2) is 6.88. The Balaban J connectivity index is 1.93. The van der Waals surface area contributed by atoms with Gasteiger partial charge in [0.2, 0.25) is 6.10 Å². The number of nitrogens with zero attached hydrogens (tertiary/aromatic N) is 1. The molecule has 2 aromatic carbocycles. The molecule has 25 heavy (non-hydrogen) atoms. The van der Waals surface area contributed by atoms with Gasteiger partial charge < -0.3 is 10.1 Å². The number of aryl methyl sites for hydroxylation is 1. The van der Waals surface area contributed by atoms with Gasteiger partial charge in [0, 0.05) is 17.7 Å². The summed E-state index contributed by atoms with van der Waals surface area (Å²) < 4.78 is 18.9. The van der Waals surface area contributed by atoms with Crippen molar-refractivity contribution in [2.24, 2.45) is 0 Å². The molecule has 3 rings (SSSR count). The van der Waals surface area contributed by atoms with E-state index >= 15 is 0 Å². The van der Waals surface area contributed by atoms with E-state index in [-0.39, 0.29) is 17.5 Å². The lowest BCUT2D eigenvalue weighted by molar-refractivity contribution is -0.386. The number of hydrogen-bond acceptors (Lipinski definition) is 4. The first-order chi connectivity index (χ1) is 11.9. The van der Waals surface area contributed by atoms with Crippen LogP contribution in [0.5, 0.6) is 5.75 Å². The smallest absolute Gasteiger partial charge is 0.311 e. The summed E-state index contributed by atoms with van der Waals surface area (Å²) in [5.41, 5.74) is 0.917. The van der Waals surface area contributed by atoms with Crippen LogP contribution in [0.3, 0.4) is 0 Å². The monoisotopic (exact) mass is 344 g/mol. The number of nitro benzene ring substituents is 1. The van der Waals surface area contributed by atoms with E-state index in [0.717, 1.165) is 12.8 Å². The van der Waals surface area contributed by atoms with Crippen LogP contribution in [0, 0.1) is 22.9 Å². The Morgan fingerprint density at radius 3 is 2.56 bits per heavy atom. The molecule has 1 fully saturated rings. The summed E-state index contributed by atoms with van der Waals surface area (Å²) in [6.45, 7) is 1.73. The number of nitro groups is 1. The number of benzene rings is 2. The topological polar surface area (TPSA) is 81.5 Å². The number of nitrogens with one attached hydrogen (secondary N) is 1. The molecule has 2 aromatic rings. The van der Waals surface area contributed by atoms with Crippen LogP contribution in [0.1, 0.15) is 30.1 Å². The summed E-state index contributed by atoms with van der Waals surface area (Å²) >= 11 is 0. The normalized spacial score (nSPS) is 14.6. The van der Waals surface area contributed by atoms with E-state index in [1.807, 2.05) is 0 Å². The molecule has 6 nitrogen and oxygen atoms in total. The summed E-state index contributed by atoms with van der Waals surface area (Å²) in [5.74, 6) is -0.841. The molecule has 0 aromatic heterocycles. The van der Waals surface area contributed by atoms with Crippen LogP contribution < -0.4 is 10.1 Å². The van der Waals surface area contributed by atoms with Crippen molar-refractivity contribution in [3.63, 3.8) is 0 Å². The van der Waals surface area contributed by atoms with Crippen LogP contribution in [0.25, 0.3) is 0 Å². The fourth-order valence-corrected chi connectivity index (χ4v) is 2.41. The van der Waals surface area contributed by atoms with Crippen LogP contribution in [-0.2, 0) is 4.79 Å². The maximum absolute atomic E-state index is 13.2. The van der Waals surface area contributed by atoms with Crippen LogP contribution in [0.15, 0.2) is 42.5 Å². The van der Waals surface area contributed by atoms with Crippen LogP contribution >= 0.6 is 0 Å². The van der Waals surface area contributed by atoms with Crippen molar-refractivity contribution in [2.45, 2.75) is 31.9 Å². The summed E-state index contributed by atoms with van der Waals surface area (Å²) in [6, 6.07) is 9.94. The average molecular weight is 344 g/mol. The van der Waals surface area contributed by atoms with E-state index in [1.165, 1.54) is 36.4 Å². The number of halogens is 1. The Kier molecular flexibility index (Phi) is 4.65. The molecule has 0 bridgehead atoms. The minimum Gasteiger partial charge on any atom is -0.469 e. The molecule has 1 aliphatic carbocycles. The fraction of sp³-hybridized carbons (Fsp3) is 0.278. The first kappa shape index (κ1) is 16.9. The number of ether oxygens (including phenoxy) is 1. The van der Waals surface area contributed by atoms with Crippen molar-refractivity contribution in [3.05, 3.63) is 69.5 Å². The number of carbonyl (C=O) groups is 1. The molecule has 1 atom stereocenters. The van der Waals surface area contributed by atoms with Crippen LogP contribution in [-0.4, -0.2) is 16.9 Å². The Bertz CT molecular complexity index is 803. The molecule has 1 saturated carbocycles. The molecule has 1 N–H and O–H groups in total. The minimum absolute atomic E-state index is 0.00382. The minimum atomic E-state index is -1.09. The Hall–Kier alpha value is -2.96. The molecule has 7 heteroatoms. The van der Waals surface area contributed by atoms with Gasteiger partial charge in [-0.25, -0.2) is 4.39 Å². The fourth-order valence-electron chi connectivity index (χ4n) is 2.41. The number of carbonyl (C=O) groups excluding carboxylic acids is 1. The molecule has 130 valence electrons. The third kappa shape index (κ3) is 4.12. The van der Waals surface area contributed by atoms with Crippen molar-refractivity contribution in [2.75, 3.05) is 0 Å². The van der Waals surface area contributed by atoms with E-state index in [2.05, 4.69) is 5.32 Å². The predicted octanol–water partition coefficient (Wildman–Crippen LogP) is 3.44. The third-order valence-electron chi connectivity index (χ3n) is 3.89. The first-order valence-electron chi connectivity index (χ1n) is 7.91. The quantitative estimate of drug-likeness (QED) is 0.643. The van der Waals surface area contributed by atoms with Gasteiger partial charge in [-0.2, -0.15) is 0 Å². The zero-order valence-corrected chi connectivity index (χ0v) is 13.6. The van der Waals surface area contributed by atoms with Gasteiger partial charge in [0.05, 0.1) is 4.92 Å². The Morgan fingerprint density at radius 2 is 1.96 bits per heavy atom. The van der Waals surface area contributed by atoms with Crippen molar-refractivity contribution >= 4 is 11.6 Å². The van der Waals surface area contributed by atoms with Gasteiger partial charge in [0.25, 0.3) is 5.91 Å². The van der Waals surface area contributed by atoms with Gasteiger partial charge >= 0.3 is 5.69 Å². The molecule has 0 radical (unpaired) electrons. The second-order valence-corrected chi connectivity index (χ2v) is 6.06. The zero-order valence-electron chi connectivity index (χ0n) is 13.6. The average Bonchev–Trinajstić information content (AvgIpc) is 3.38. The summed E-state index contributed by atoms with van der Waals surface area (Å²) in [7, 11) is 0. The van der Waals surface area contributed by atoms with E-state index in [0.29, 0.717) is 11.1 Å². The van der Waals surface area contributed by atoms with Gasteiger partial charge in [0.1, 0.15) is 5.82 Å². The molecule has 1 aliphatic rings. The lowest BCUT2D eigenvalue weighted by Crippen LogP contribution is -2.34. The van der Waals surface area contributed by atoms with Gasteiger partial charge in [-0.3, -0.25) is 14.9 Å². The van der Waals surface area contributed by atoms with Crippen LogP contribution in [0.2, 0.25) is 0 Å². The Morgan fingerprint density at radius 1 is 1.28 bits per heavy atom. The molecule has 0 spiro atoms. The highest BCUT2D eigenvalue weighted by molar-refractivity contribution is 5.83. The molecule has 0 heterocycles. The Labute approximate surface area is 143 Å². The molecular weight excluding hydrogens is 327 g/mol. The largest absolute Gasteiger partial charge is 0.469 e. The lowest BCUT2D eigenvalue weighted by Gasteiger charge is -2.19. The van der Waals surface area contributed by atoms with Crippen molar-refractivity contribution in [3.8, 4) is 5.75 Å². The van der Waals surface area contributed by atoms with E-state index in [9.17, 15) is 19.3 Å². The molecular formula is C18H17FN2O4. The molecule has 1 unspecified atom stereocenters. The highest BCUT2D eigenvalue weighted by Gasteiger charge is 2.31. The number of amides is 1. The van der Waals surface area contributed by atoms with E-state index < -0.39 is 22.8 Å². The third-order valence-corrected chi connectivity index (χ3v) is 3.89. The van der Waals surface area contributed by atoms with Crippen molar-refractivity contribution < 1.29 is 18.8 Å². The molecule has 0 saturated heterocycles. The van der Waals surface area contributed by atoms with E-state index in [4.69, 9.17) is 4.74 Å². The lowest BCUT2D eigenvalue weighted by atomic mass is 10.1. The van der Waals surface area contributed by atoms with Gasteiger partial charge in [-0.1, -0.05) is 18.2 Å². The number of hydrogen-bond donors (Lipinski definition) is 1. The second-order valence-electron chi connectivity index (χ2n) is 6.06. The van der Waals surface area contributed by atoms with E-state index in [1.54, 1.807) is 13.0 Å². The maximum atomic E-state index is 13.2. The van der Waals surface area contributed by atoms with Gasteiger partial charge in [-0.15, -0.1) is 0 Å². The highest BCUT2D eigenvalue weighted by atomic mass is 19.1. The molecule has 0 aliphatic heterocycles. The molecule has 1 amide bonds.